The minimum Gasteiger partial charge on any atom is -0.481 e. The Labute approximate surface area is 109 Å². The number of aliphatic hydroxyl groups is 1. The quantitative estimate of drug-likeness (QED) is 0.843. The molecule has 1 atom stereocenters. The summed E-state index contributed by atoms with van der Waals surface area (Å²) in [5.74, 6) is -0.359. The van der Waals surface area contributed by atoms with E-state index < -0.39 is 12.1 Å². The summed E-state index contributed by atoms with van der Waals surface area (Å²) in [5, 5.41) is 18.4. The Balaban J connectivity index is 2.08. The van der Waals surface area contributed by atoms with Gasteiger partial charge in [-0.05, 0) is 12.0 Å². The molecule has 0 aliphatic heterocycles. The molecule has 1 aromatic heterocycles. The SMILES string of the molecule is O=C(O)CCC(O)c1ccc(-c2ncncn2)cc1. The Hall–Kier alpha value is -2.34. The molecule has 0 amide bonds. The molecule has 2 aromatic rings. The van der Waals surface area contributed by atoms with Crippen molar-refractivity contribution >= 4 is 5.97 Å². The van der Waals surface area contributed by atoms with E-state index in [1.165, 1.54) is 12.7 Å². The third kappa shape index (κ3) is 3.56. The Morgan fingerprint density at radius 2 is 1.79 bits per heavy atom. The van der Waals surface area contributed by atoms with E-state index in [1.54, 1.807) is 24.3 Å². The lowest BCUT2D eigenvalue weighted by molar-refractivity contribution is -0.137. The fourth-order valence-electron chi connectivity index (χ4n) is 1.67. The van der Waals surface area contributed by atoms with Crippen LogP contribution < -0.4 is 0 Å². The number of aliphatic carboxylic acids is 1. The van der Waals surface area contributed by atoms with E-state index in [1.807, 2.05) is 0 Å². The van der Waals surface area contributed by atoms with E-state index >= 15 is 0 Å². The molecule has 6 nitrogen and oxygen atoms in total. The molecule has 0 saturated heterocycles. The molecule has 0 fully saturated rings. The van der Waals surface area contributed by atoms with Crippen LogP contribution in [0, 0.1) is 0 Å². The molecule has 0 aliphatic carbocycles. The second-order valence-electron chi connectivity index (χ2n) is 4.03. The summed E-state index contributed by atoms with van der Waals surface area (Å²) in [7, 11) is 0. The van der Waals surface area contributed by atoms with Crippen LogP contribution >= 0.6 is 0 Å². The van der Waals surface area contributed by atoms with Crippen molar-refractivity contribution in [2.75, 3.05) is 0 Å². The summed E-state index contributed by atoms with van der Waals surface area (Å²) in [6.45, 7) is 0. The van der Waals surface area contributed by atoms with E-state index in [0.29, 0.717) is 11.4 Å². The van der Waals surface area contributed by atoms with Crippen LogP contribution in [0.1, 0.15) is 24.5 Å². The predicted octanol–water partition coefficient (Wildman–Crippen LogP) is 1.44. The highest BCUT2D eigenvalue weighted by Gasteiger charge is 2.10. The molecule has 1 unspecified atom stereocenters. The maximum absolute atomic E-state index is 10.4. The Morgan fingerprint density at radius 3 is 2.37 bits per heavy atom. The van der Waals surface area contributed by atoms with E-state index in [9.17, 15) is 9.90 Å². The molecule has 6 heteroatoms. The monoisotopic (exact) mass is 259 g/mol. The zero-order valence-electron chi connectivity index (χ0n) is 10.1. The molecule has 19 heavy (non-hydrogen) atoms. The van der Waals surface area contributed by atoms with Gasteiger partial charge in [0.25, 0.3) is 0 Å². The summed E-state index contributed by atoms with van der Waals surface area (Å²) >= 11 is 0. The first-order chi connectivity index (χ1) is 9.16. The van der Waals surface area contributed by atoms with Gasteiger partial charge in [-0.3, -0.25) is 4.79 Å². The second kappa shape index (κ2) is 6.01. The van der Waals surface area contributed by atoms with Gasteiger partial charge < -0.3 is 10.2 Å². The molecule has 0 bridgehead atoms. The van der Waals surface area contributed by atoms with Crippen molar-refractivity contribution in [3.63, 3.8) is 0 Å². The van der Waals surface area contributed by atoms with Gasteiger partial charge in [-0.15, -0.1) is 0 Å². The molecule has 1 aromatic carbocycles. The average Bonchev–Trinajstić information content (AvgIpc) is 2.46. The van der Waals surface area contributed by atoms with E-state index in [-0.39, 0.29) is 12.8 Å². The molecule has 2 rings (SSSR count). The predicted molar refractivity (Wildman–Crippen MR) is 67.1 cm³/mol. The van der Waals surface area contributed by atoms with Crippen molar-refractivity contribution in [3.05, 3.63) is 42.5 Å². The van der Waals surface area contributed by atoms with E-state index in [0.717, 1.165) is 5.56 Å². The Bertz CT molecular complexity index is 543. The number of nitrogens with zero attached hydrogens (tertiary/aromatic N) is 3. The summed E-state index contributed by atoms with van der Waals surface area (Å²) in [5.41, 5.74) is 1.50. The minimum absolute atomic E-state index is 0.0591. The van der Waals surface area contributed by atoms with Crippen LogP contribution in [0.2, 0.25) is 0 Å². The van der Waals surface area contributed by atoms with Gasteiger partial charge in [0.1, 0.15) is 12.7 Å². The van der Waals surface area contributed by atoms with Gasteiger partial charge in [0, 0.05) is 12.0 Å². The van der Waals surface area contributed by atoms with E-state index in [2.05, 4.69) is 15.0 Å². The van der Waals surface area contributed by atoms with Gasteiger partial charge in [0.05, 0.1) is 6.10 Å². The maximum Gasteiger partial charge on any atom is 0.303 e. The van der Waals surface area contributed by atoms with Crippen molar-refractivity contribution in [1.29, 1.82) is 0 Å². The minimum atomic E-state index is -0.916. The lowest BCUT2D eigenvalue weighted by atomic mass is 10.0. The lowest BCUT2D eigenvalue weighted by Crippen LogP contribution is -2.02. The van der Waals surface area contributed by atoms with Crippen molar-refractivity contribution in [1.82, 2.24) is 15.0 Å². The highest BCUT2D eigenvalue weighted by molar-refractivity contribution is 5.66. The van der Waals surface area contributed by atoms with Crippen LogP contribution in [0.15, 0.2) is 36.9 Å². The molecule has 0 aliphatic rings. The zero-order chi connectivity index (χ0) is 13.7. The number of carboxylic acid groups (broad SMARTS) is 1. The summed E-state index contributed by atoms with van der Waals surface area (Å²) in [6.07, 6.45) is 2.19. The lowest BCUT2D eigenvalue weighted by Gasteiger charge is -2.10. The van der Waals surface area contributed by atoms with Gasteiger partial charge in [-0.1, -0.05) is 24.3 Å². The first-order valence-corrected chi connectivity index (χ1v) is 5.79. The standard InChI is InChI=1S/C13H13N3O3/c17-11(5-6-12(18)19)9-1-3-10(4-2-9)13-15-7-14-8-16-13/h1-4,7-8,11,17H,5-6H2,(H,18,19). The molecular formula is C13H13N3O3. The van der Waals surface area contributed by atoms with Gasteiger partial charge in [0.15, 0.2) is 5.82 Å². The topological polar surface area (TPSA) is 96.2 Å². The second-order valence-corrected chi connectivity index (χ2v) is 4.03. The number of hydrogen-bond donors (Lipinski definition) is 2. The fraction of sp³-hybridized carbons (Fsp3) is 0.231. The number of benzene rings is 1. The highest BCUT2D eigenvalue weighted by atomic mass is 16.4. The van der Waals surface area contributed by atoms with Crippen LogP contribution in [-0.2, 0) is 4.79 Å². The highest BCUT2D eigenvalue weighted by Crippen LogP contribution is 2.21. The first kappa shape index (κ1) is 13.1. The molecule has 98 valence electrons. The zero-order valence-corrected chi connectivity index (χ0v) is 10.1. The molecule has 0 saturated carbocycles. The smallest absolute Gasteiger partial charge is 0.303 e. The van der Waals surface area contributed by atoms with Gasteiger partial charge >= 0.3 is 5.97 Å². The van der Waals surface area contributed by atoms with E-state index in [4.69, 9.17) is 5.11 Å². The number of carbonyl (C=O) groups is 1. The number of hydrogen-bond acceptors (Lipinski definition) is 5. The summed E-state index contributed by atoms with van der Waals surface area (Å²) in [4.78, 5) is 22.2. The van der Waals surface area contributed by atoms with Crippen LogP contribution in [0.25, 0.3) is 11.4 Å². The average molecular weight is 259 g/mol. The van der Waals surface area contributed by atoms with Crippen molar-refractivity contribution in [3.8, 4) is 11.4 Å². The molecule has 1 heterocycles. The first-order valence-electron chi connectivity index (χ1n) is 5.79. The number of rotatable bonds is 5. The fourth-order valence-corrected chi connectivity index (χ4v) is 1.67. The molecular weight excluding hydrogens is 246 g/mol. The van der Waals surface area contributed by atoms with Crippen LogP contribution in [0.3, 0.4) is 0 Å². The van der Waals surface area contributed by atoms with Crippen molar-refractivity contribution < 1.29 is 15.0 Å². The third-order valence-electron chi connectivity index (χ3n) is 2.68. The van der Waals surface area contributed by atoms with Crippen molar-refractivity contribution in [2.45, 2.75) is 18.9 Å². The normalized spacial score (nSPS) is 12.1. The number of aromatic nitrogens is 3. The summed E-state index contributed by atoms with van der Waals surface area (Å²) < 4.78 is 0. The maximum atomic E-state index is 10.4. The van der Waals surface area contributed by atoms with Gasteiger partial charge in [-0.25, -0.2) is 15.0 Å². The van der Waals surface area contributed by atoms with Crippen LogP contribution in [0.5, 0.6) is 0 Å². The molecule has 2 N–H and O–H groups in total. The Morgan fingerprint density at radius 1 is 1.16 bits per heavy atom. The Kier molecular flexibility index (Phi) is 4.15. The van der Waals surface area contributed by atoms with Crippen LogP contribution in [-0.4, -0.2) is 31.1 Å². The van der Waals surface area contributed by atoms with Crippen LogP contribution in [0.4, 0.5) is 0 Å². The van der Waals surface area contributed by atoms with Gasteiger partial charge in [-0.2, -0.15) is 0 Å². The number of carboxylic acids is 1. The van der Waals surface area contributed by atoms with Crippen molar-refractivity contribution in [2.24, 2.45) is 0 Å². The number of aliphatic hydroxyl groups excluding tert-OH is 1. The molecule has 0 radical (unpaired) electrons. The summed E-state index contributed by atoms with van der Waals surface area (Å²) in [6, 6.07) is 7.06. The molecule has 0 spiro atoms. The largest absolute Gasteiger partial charge is 0.481 e. The third-order valence-corrected chi connectivity index (χ3v) is 2.68. The van der Waals surface area contributed by atoms with Gasteiger partial charge in [0.2, 0.25) is 0 Å².